The van der Waals surface area contributed by atoms with Gasteiger partial charge in [-0.05, 0) is 47.2 Å². The van der Waals surface area contributed by atoms with Crippen LogP contribution in [0.1, 0.15) is 57.7 Å². The summed E-state index contributed by atoms with van der Waals surface area (Å²) in [4.78, 5) is 11.3. The Hall–Kier alpha value is -2.18. The molecule has 0 spiro atoms. The summed E-state index contributed by atoms with van der Waals surface area (Å²) in [6.45, 7) is 9.64. The lowest BCUT2D eigenvalue weighted by Crippen LogP contribution is -2.31. The van der Waals surface area contributed by atoms with Crippen LogP contribution in [0.5, 0.6) is 0 Å². The van der Waals surface area contributed by atoms with E-state index in [4.69, 9.17) is 0 Å². The number of hydrogen-bond donors (Lipinski definition) is 2. The fraction of sp³-hybridized carbons (Fsp3) is 0.381. The summed E-state index contributed by atoms with van der Waals surface area (Å²) in [7, 11) is -3.69. The Bertz CT molecular complexity index is 871. The first-order valence-corrected chi connectivity index (χ1v) is 10.6. The normalized spacial score (nSPS) is 13.0. The maximum absolute atomic E-state index is 12.8. The van der Waals surface area contributed by atoms with Crippen molar-refractivity contribution in [3.05, 3.63) is 59.7 Å². The van der Waals surface area contributed by atoms with E-state index < -0.39 is 10.0 Å². The maximum Gasteiger partial charge on any atom is 0.241 e. The number of sulfonamides is 1. The molecule has 2 rings (SSSR count). The number of hydrogen-bond acceptors (Lipinski definition) is 3. The predicted octanol–water partition coefficient (Wildman–Crippen LogP) is 4.44. The zero-order chi connectivity index (χ0) is 20.2. The summed E-state index contributed by atoms with van der Waals surface area (Å²) in [5, 5.41) is 2.63. The van der Waals surface area contributed by atoms with E-state index in [0.29, 0.717) is 11.6 Å². The minimum Gasteiger partial charge on any atom is -0.326 e. The topological polar surface area (TPSA) is 75.3 Å². The van der Waals surface area contributed by atoms with Crippen molar-refractivity contribution < 1.29 is 13.2 Å². The van der Waals surface area contributed by atoms with Crippen molar-refractivity contribution in [2.45, 2.75) is 51.5 Å². The Morgan fingerprint density at radius 3 is 1.81 bits per heavy atom. The summed E-state index contributed by atoms with van der Waals surface area (Å²) in [5.41, 5.74) is 2.72. The molecule has 0 radical (unpaired) electrons. The van der Waals surface area contributed by atoms with Crippen molar-refractivity contribution in [2.24, 2.45) is 5.92 Å². The van der Waals surface area contributed by atoms with E-state index in [1.807, 2.05) is 38.1 Å². The van der Waals surface area contributed by atoms with Crippen LogP contribution < -0.4 is 10.0 Å². The summed E-state index contributed by atoms with van der Waals surface area (Å²) in [6, 6.07) is 13.9. The van der Waals surface area contributed by atoms with E-state index in [0.717, 1.165) is 5.56 Å². The molecule has 0 aliphatic rings. The van der Waals surface area contributed by atoms with Crippen molar-refractivity contribution in [1.82, 2.24) is 4.72 Å². The van der Waals surface area contributed by atoms with E-state index in [9.17, 15) is 13.2 Å². The van der Waals surface area contributed by atoms with Gasteiger partial charge >= 0.3 is 0 Å². The number of rotatable bonds is 7. The van der Waals surface area contributed by atoms with Crippen LogP contribution >= 0.6 is 0 Å². The summed E-state index contributed by atoms with van der Waals surface area (Å²) in [6.07, 6.45) is 0. The summed E-state index contributed by atoms with van der Waals surface area (Å²) < 4.78 is 28.5. The lowest BCUT2D eigenvalue weighted by molar-refractivity contribution is -0.114. The van der Waals surface area contributed by atoms with Crippen molar-refractivity contribution >= 4 is 21.6 Å². The molecule has 2 aromatic rings. The van der Waals surface area contributed by atoms with Gasteiger partial charge in [-0.25, -0.2) is 13.1 Å². The van der Waals surface area contributed by atoms with Gasteiger partial charge in [0.05, 0.1) is 4.90 Å². The third-order valence-electron chi connectivity index (χ3n) is 4.40. The Kier molecular flexibility index (Phi) is 6.78. The molecule has 0 saturated carbocycles. The molecular weight excluding hydrogens is 360 g/mol. The minimum atomic E-state index is -3.69. The Balaban J connectivity index is 2.25. The monoisotopic (exact) mass is 388 g/mol. The number of carbonyl (C=O) groups excluding carboxylic acids is 1. The molecule has 0 saturated heterocycles. The minimum absolute atomic E-state index is 0.0864. The SMILES string of the molecule is CC(=O)Nc1ccc(S(=O)(=O)N[C@@H](c2ccc(C(C)C)cc2)C(C)C)cc1. The Morgan fingerprint density at radius 2 is 1.37 bits per heavy atom. The maximum atomic E-state index is 12.8. The molecule has 2 aromatic carbocycles. The highest BCUT2D eigenvalue weighted by Crippen LogP contribution is 2.26. The van der Waals surface area contributed by atoms with Crippen LogP contribution in [-0.2, 0) is 14.8 Å². The molecule has 146 valence electrons. The van der Waals surface area contributed by atoms with E-state index in [-0.39, 0.29) is 22.8 Å². The molecule has 1 amide bonds. The zero-order valence-electron chi connectivity index (χ0n) is 16.5. The average Bonchev–Trinajstić information content (AvgIpc) is 2.59. The van der Waals surface area contributed by atoms with E-state index in [2.05, 4.69) is 23.9 Å². The number of amides is 1. The number of anilines is 1. The zero-order valence-corrected chi connectivity index (χ0v) is 17.3. The largest absolute Gasteiger partial charge is 0.326 e. The fourth-order valence-corrected chi connectivity index (χ4v) is 4.21. The second-order valence-electron chi connectivity index (χ2n) is 7.37. The highest BCUT2D eigenvalue weighted by molar-refractivity contribution is 7.89. The van der Waals surface area contributed by atoms with Gasteiger partial charge in [0.2, 0.25) is 15.9 Å². The molecule has 0 aliphatic heterocycles. The quantitative estimate of drug-likeness (QED) is 0.736. The second kappa shape index (κ2) is 8.67. The lowest BCUT2D eigenvalue weighted by Gasteiger charge is -2.23. The van der Waals surface area contributed by atoms with Crippen molar-refractivity contribution in [3.63, 3.8) is 0 Å². The van der Waals surface area contributed by atoms with Crippen LogP contribution in [0.4, 0.5) is 5.69 Å². The molecule has 0 bridgehead atoms. The third-order valence-corrected chi connectivity index (χ3v) is 5.85. The van der Waals surface area contributed by atoms with Gasteiger partial charge in [0, 0.05) is 18.7 Å². The molecule has 2 N–H and O–H groups in total. The van der Waals surface area contributed by atoms with Gasteiger partial charge in [-0.15, -0.1) is 0 Å². The summed E-state index contributed by atoms with van der Waals surface area (Å²) >= 11 is 0. The molecule has 1 atom stereocenters. The first-order valence-electron chi connectivity index (χ1n) is 9.10. The Labute approximate surface area is 162 Å². The molecule has 27 heavy (non-hydrogen) atoms. The predicted molar refractivity (Wildman–Crippen MR) is 109 cm³/mol. The van der Waals surface area contributed by atoms with Crippen LogP contribution in [0, 0.1) is 5.92 Å². The number of carbonyl (C=O) groups is 1. The van der Waals surface area contributed by atoms with Crippen LogP contribution in [0.15, 0.2) is 53.4 Å². The van der Waals surface area contributed by atoms with E-state index in [1.54, 1.807) is 12.1 Å². The van der Waals surface area contributed by atoms with Gasteiger partial charge < -0.3 is 5.32 Å². The summed E-state index contributed by atoms with van der Waals surface area (Å²) in [5.74, 6) is 0.312. The highest BCUT2D eigenvalue weighted by Gasteiger charge is 2.24. The van der Waals surface area contributed by atoms with Gasteiger partial charge in [0.25, 0.3) is 0 Å². The molecule has 6 heteroatoms. The molecule has 0 aromatic heterocycles. The average molecular weight is 389 g/mol. The Morgan fingerprint density at radius 1 is 0.852 bits per heavy atom. The molecule has 0 fully saturated rings. The first kappa shape index (κ1) is 21.1. The van der Waals surface area contributed by atoms with Crippen LogP contribution in [0.2, 0.25) is 0 Å². The molecule has 0 unspecified atom stereocenters. The van der Waals surface area contributed by atoms with Gasteiger partial charge in [0.15, 0.2) is 0 Å². The van der Waals surface area contributed by atoms with E-state index in [1.165, 1.54) is 24.6 Å². The fourth-order valence-electron chi connectivity index (χ4n) is 2.83. The molecule has 5 nitrogen and oxygen atoms in total. The standard InChI is InChI=1S/C21H28N2O3S/c1-14(2)17-6-8-18(9-7-17)21(15(3)4)23-27(25,26)20-12-10-19(11-13-20)22-16(5)24/h6-15,21,23H,1-5H3,(H,22,24)/t21-/m1/s1. The molecule has 0 aliphatic carbocycles. The van der Waals surface area contributed by atoms with Gasteiger partial charge in [-0.1, -0.05) is 52.0 Å². The van der Waals surface area contributed by atoms with Gasteiger partial charge in [-0.3, -0.25) is 4.79 Å². The van der Waals surface area contributed by atoms with Crippen LogP contribution in [-0.4, -0.2) is 14.3 Å². The first-order chi connectivity index (χ1) is 12.6. The number of nitrogens with one attached hydrogen (secondary N) is 2. The van der Waals surface area contributed by atoms with Crippen LogP contribution in [0.25, 0.3) is 0 Å². The number of benzene rings is 2. The second-order valence-corrected chi connectivity index (χ2v) is 9.08. The van der Waals surface area contributed by atoms with Crippen LogP contribution in [0.3, 0.4) is 0 Å². The highest BCUT2D eigenvalue weighted by atomic mass is 32.2. The van der Waals surface area contributed by atoms with Crippen molar-refractivity contribution in [2.75, 3.05) is 5.32 Å². The van der Waals surface area contributed by atoms with Crippen molar-refractivity contribution in [1.29, 1.82) is 0 Å². The third kappa shape index (κ3) is 5.65. The van der Waals surface area contributed by atoms with E-state index >= 15 is 0 Å². The lowest BCUT2D eigenvalue weighted by atomic mass is 9.94. The molecule has 0 heterocycles. The van der Waals surface area contributed by atoms with Gasteiger partial charge in [0.1, 0.15) is 0 Å². The van der Waals surface area contributed by atoms with Gasteiger partial charge in [-0.2, -0.15) is 0 Å². The smallest absolute Gasteiger partial charge is 0.241 e. The van der Waals surface area contributed by atoms with Crippen molar-refractivity contribution in [3.8, 4) is 0 Å². The molecular formula is C21H28N2O3S.